The first-order chi connectivity index (χ1) is 10.3. The van der Waals surface area contributed by atoms with E-state index in [0.717, 1.165) is 34.6 Å². The largest absolute Gasteiger partial charge is 0.361 e. The van der Waals surface area contributed by atoms with Crippen molar-refractivity contribution in [3.05, 3.63) is 46.5 Å². The lowest BCUT2D eigenvalue weighted by Gasteiger charge is -2.08. The lowest BCUT2D eigenvalue weighted by Crippen LogP contribution is -2.20. The molecule has 0 amide bonds. The Morgan fingerprint density at radius 2 is 2.10 bits per heavy atom. The predicted octanol–water partition coefficient (Wildman–Crippen LogP) is 2.39. The van der Waals surface area contributed by atoms with Crippen LogP contribution in [0.5, 0.6) is 0 Å². The van der Waals surface area contributed by atoms with Crippen LogP contribution in [0.4, 0.5) is 0 Å². The van der Waals surface area contributed by atoms with E-state index in [2.05, 4.69) is 11.1 Å². The molecule has 1 fully saturated rings. The number of nitrogens with two attached hydrogens (primary N) is 1. The molecule has 4 nitrogen and oxygen atoms in total. The van der Waals surface area contributed by atoms with Crippen molar-refractivity contribution in [1.82, 2.24) is 9.55 Å². The predicted molar refractivity (Wildman–Crippen MR) is 85.5 cm³/mol. The van der Waals surface area contributed by atoms with Crippen molar-refractivity contribution in [2.24, 2.45) is 11.7 Å². The Morgan fingerprint density at radius 3 is 2.86 bits per heavy atom. The van der Waals surface area contributed by atoms with Gasteiger partial charge in [0.1, 0.15) is 0 Å². The average Bonchev–Trinajstić information content (AvgIpc) is 3.22. The van der Waals surface area contributed by atoms with Gasteiger partial charge in [0.25, 0.3) is 5.56 Å². The normalized spacial score (nSPS) is 15.1. The molecule has 0 atom stereocenters. The minimum atomic E-state index is 0.126. The minimum Gasteiger partial charge on any atom is -0.361 e. The fourth-order valence-corrected chi connectivity index (χ4v) is 3.14. The molecular weight excluding hydrogens is 262 g/mol. The molecule has 0 bridgehead atoms. The van der Waals surface area contributed by atoms with E-state index in [-0.39, 0.29) is 5.56 Å². The van der Waals surface area contributed by atoms with Crippen molar-refractivity contribution in [3.63, 3.8) is 0 Å². The first-order valence-corrected chi connectivity index (χ1v) is 7.60. The fraction of sp³-hybridized carbons (Fsp3) is 0.353. The Bertz CT molecular complexity index is 871. The maximum absolute atomic E-state index is 12.7. The number of H-pyrrole nitrogens is 1. The smallest absolute Gasteiger partial charge is 0.258 e. The van der Waals surface area contributed by atoms with Gasteiger partial charge in [0.05, 0.1) is 0 Å². The number of nitrogens with one attached hydrogen (secondary N) is 1. The number of fused-ring (bicyclic) bond motifs is 3. The summed E-state index contributed by atoms with van der Waals surface area (Å²) in [5.74, 6) is 0.698. The number of benzene rings is 1. The van der Waals surface area contributed by atoms with Gasteiger partial charge in [-0.05, 0) is 60.9 Å². The summed E-state index contributed by atoms with van der Waals surface area (Å²) < 4.78 is 1.86. The van der Waals surface area contributed by atoms with Crippen LogP contribution < -0.4 is 11.3 Å². The summed E-state index contributed by atoms with van der Waals surface area (Å²) in [6.45, 7) is 1.47. The van der Waals surface area contributed by atoms with Crippen molar-refractivity contribution in [2.75, 3.05) is 6.54 Å². The molecule has 2 heterocycles. The maximum Gasteiger partial charge on any atom is 0.258 e. The summed E-state index contributed by atoms with van der Waals surface area (Å²) in [4.78, 5) is 15.9. The van der Waals surface area contributed by atoms with Crippen molar-refractivity contribution in [2.45, 2.75) is 25.8 Å². The van der Waals surface area contributed by atoms with E-state index in [0.29, 0.717) is 12.5 Å². The number of rotatable bonds is 4. The van der Waals surface area contributed by atoms with Gasteiger partial charge in [0, 0.05) is 35.2 Å². The van der Waals surface area contributed by atoms with Crippen LogP contribution in [-0.4, -0.2) is 16.1 Å². The summed E-state index contributed by atoms with van der Waals surface area (Å²) in [6, 6.07) is 6.02. The monoisotopic (exact) mass is 281 g/mol. The molecule has 0 spiro atoms. The average molecular weight is 281 g/mol. The molecule has 1 saturated carbocycles. The van der Waals surface area contributed by atoms with Gasteiger partial charge in [-0.1, -0.05) is 0 Å². The zero-order valence-electron chi connectivity index (χ0n) is 11.9. The molecule has 3 aromatic rings. The lowest BCUT2D eigenvalue weighted by molar-refractivity contribution is 0.611. The standard InChI is InChI=1S/C17H19N3O/c18-7-5-12-9-19-15-4-3-14-13(16(12)15)6-8-20(17(14)21)10-11-1-2-11/h3-4,6,8-9,11,19H,1-2,5,7,10,18H2. The Labute approximate surface area is 122 Å². The molecular formula is C17H19N3O. The van der Waals surface area contributed by atoms with E-state index in [1.165, 1.54) is 18.4 Å². The van der Waals surface area contributed by atoms with E-state index in [4.69, 9.17) is 5.73 Å². The van der Waals surface area contributed by atoms with Crippen LogP contribution in [0.25, 0.3) is 21.7 Å². The molecule has 1 aromatic carbocycles. The third-order valence-corrected chi connectivity index (χ3v) is 4.45. The molecule has 21 heavy (non-hydrogen) atoms. The molecule has 2 aromatic heterocycles. The van der Waals surface area contributed by atoms with Gasteiger partial charge in [-0.3, -0.25) is 4.79 Å². The lowest BCUT2D eigenvalue weighted by atomic mass is 10.0. The van der Waals surface area contributed by atoms with Crippen LogP contribution in [0.15, 0.2) is 35.4 Å². The molecule has 1 aliphatic carbocycles. The highest BCUT2D eigenvalue weighted by atomic mass is 16.1. The number of pyridine rings is 1. The second kappa shape index (κ2) is 4.74. The summed E-state index contributed by atoms with van der Waals surface area (Å²) in [5, 5.41) is 2.99. The number of hydrogen-bond acceptors (Lipinski definition) is 2. The van der Waals surface area contributed by atoms with Crippen molar-refractivity contribution >= 4 is 21.7 Å². The third-order valence-electron chi connectivity index (χ3n) is 4.45. The number of aromatic amines is 1. The topological polar surface area (TPSA) is 63.8 Å². The van der Waals surface area contributed by atoms with E-state index < -0.39 is 0 Å². The van der Waals surface area contributed by atoms with Gasteiger partial charge in [0.2, 0.25) is 0 Å². The van der Waals surface area contributed by atoms with Crippen molar-refractivity contribution < 1.29 is 0 Å². The van der Waals surface area contributed by atoms with Crippen LogP contribution >= 0.6 is 0 Å². The molecule has 0 saturated heterocycles. The highest BCUT2D eigenvalue weighted by Crippen LogP contribution is 2.31. The zero-order chi connectivity index (χ0) is 14.4. The minimum absolute atomic E-state index is 0.126. The Hall–Kier alpha value is -2.07. The van der Waals surface area contributed by atoms with E-state index >= 15 is 0 Å². The summed E-state index contributed by atoms with van der Waals surface area (Å²) >= 11 is 0. The van der Waals surface area contributed by atoms with Gasteiger partial charge in [-0.15, -0.1) is 0 Å². The van der Waals surface area contributed by atoms with Gasteiger partial charge in [-0.2, -0.15) is 0 Å². The molecule has 0 aliphatic heterocycles. The number of hydrogen-bond donors (Lipinski definition) is 2. The Kier molecular flexibility index (Phi) is 2.86. The summed E-state index contributed by atoms with van der Waals surface area (Å²) in [6.07, 6.45) is 7.28. The highest BCUT2D eigenvalue weighted by Gasteiger charge is 2.22. The van der Waals surface area contributed by atoms with E-state index in [9.17, 15) is 4.79 Å². The Morgan fingerprint density at radius 1 is 1.24 bits per heavy atom. The Balaban J connectivity index is 1.96. The molecule has 0 unspecified atom stereocenters. The zero-order valence-corrected chi connectivity index (χ0v) is 11.9. The number of nitrogens with zero attached hydrogens (tertiary/aromatic N) is 1. The third kappa shape index (κ3) is 2.07. The molecule has 3 N–H and O–H groups in total. The first kappa shape index (κ1) is 12.7. The second-order valence-corrected chi connectivity index (χ2v) is 6.02. The fourth-order valence-electron chi connectivity index (χ4n) is 3.14. The van der Waals surface area contributed by atoms with Crippen LogP contribution in [0, 0.1) is 5.92 Å². The van der Waals surface area contributed by atoms with Crippen LogP contribution in [0.3, 0.4) is 0 Å². The summed E-state index contributed by atoms with van der Waals surface area (Å²) in [5.41, 5.74) is 8.08. The number of aromatic nitrogens is 2. The molecule has 1 aliphatic rings. The van der Waals surface area contributed by atoms with Crippen molar-refractivity contribution in [3.8, 4) is 0 Å². The van der Waals surface area contributed by atoms with Gasteiger partial charge in [-0.25, -0.2) is 0 Å². The van der Waals surface area contributed by atoms with E-state index in [1.54, 1.807) is 0 Å². The highest BCUT2D eigenvalue weighted by molar-refractivity contribution is 6.07. The molecule has 4 heteroatoms. The first-order valence-electron chi connectivity index (χ1n) is 7.60. The van der Waals surface area contributed by atoms with Gasteiger partial charge < -0.3 is 15.3 Å². The van der Waals surface area contributed by atoms with Gasteiger partial charge in [0.15, 0.2) is 0 Å². The van der Waals surface area contributed by atoms with Crippen LogP contribution in [-0.2, 0) is 13.0 Å². The quantitative estimate of drug-likeness (QED) is 0.771. The SMILES string of the molecule is NCCc1c[nH]c2ccc3c(=O)n(CC4CC4)ccc3c12. The van der Waals surface area contributed by atoms with Crippen LogP contribution in [0.1, 0.15) is 18.4 Å². The molecule has 0 radical (unpaired) electrons. The maximum atomic E-state index is 12.7. The molecule has 108 valence electrons. The van der Waals surface area contributed by atoms with Crippen molar-refractivity contribution in [1.29, 1.82) is 0 Å². The van der Waals surface area contributed by atoms with Gasteiger partial charge >= 0.3 is 0 Å². The van der Waals surface area contributed by atoms with Crippen LogP contribution in [0.2, 0.25) is 0 Å². The summed E-state index contributed by atoms with van der Waals surface area (Å²) in [7, 11) is 0. The van der Waals surface area contributed by atoms with E-state index in [1.807, 2.05) is 29.1 Å². The second-order valence-electron chi connectivity index (χ2n) is 6.02. The molecule has 4 rings (SSSR count).